The maximum absolute atomic E-state index is 13.1. The van der Waals surface area contributed by atoms with Crippen LogP contribution in [0.25, 0.3) is 0 Å². The van der Waals surface area contributed by atoms with Crippen molar-refractivity contribution in [2.24, 2.45) is 0 Å². The van der Waals surface area contributed by atoms with Gasteiger partial charge in [0.25, 0.3) is 0 Å². The Morgan fingerprint density at radius 1 is 1.07 bits per heavy atom. The normalized spacial score (nSPS) is 11.6. The van der Waals surface area contributed by atoms with Crippen molar-refractivity contribution < 1.29 is 22.7 Å². The summed E-state index contributed by atoms with van der Waals surface area (Å²) in [6, 6.07) is 5.58. The van der Waals surface area contributed by atoms with Crippen molar-refractivity contribution in [2.75, 3.05) is 25.5 Å². The van der Waals surface area contributed by atoms with Crippen LogP contribution in [0.3, 0.4) is 0 Å². The van der Waals surface area contributed by atoms with Crippen molar-refractivity contribution in [3.63, 3.8) is 0 Å². The summed E-state index contributed by atoms with van der Waals surface area (Å²) in [6.45, 7) is 8.35. The lowest BCUT2D eigenvalue weighted by Crippen LogP contribution is -2.35. The molecular formula is C20H27N3O5S. The molecule has 29 heavy (non-hydrogen) atoms. The monoisotopic (exact) mass is 421 g/mol. The van der Waals surface area contributed by atoms with E-state index in [1.54, 1.807) is 32.9 Å². The number of esters is 1. The molecule has 1 amide bonds. The predicted molar refractivity (Wildman–Crippen MR) is 111 cm³/mol. The molecule has 1 heterocycles. The molecule has 0 saturated carbocycles. The van der Waals surface area contributed by atoms with Gasteiger partial charge in [0.1, 0.15) is 10.5 Å². The lowest BCUT2D eigenvalue weighted by Gasteiger charge is -2.18. The number of nitrogens with one attached hydrogen (secondary N) is 2. The summed E-state index contributed by atoms with van der Waals surface area (Å²) in [4.78, 5) is 27.4. The van der Waals surface area contributed by atoms with E-state index in [2.05, 4.69) is 10.3 Å². The van der Waals surface area contributed by atoms with Crippen LogP contribution in [0, 0.1) is 27.7 Å². The average Bonchev–Trinajstić information content (AvgIpc) is 2.88. The van der Waals surface area contributed by atoms with Crippen LogP contribution in [-0.2, 0) is 19.6 Å². The number of aryl methyl sites for hydroxylation is 4. The zero-order valence-electron chi connectivity index (χ0n) is 17.5. The first kappa shape index (κ1) is 22.6. The quantitative estimate of drug-likeness (QED) is 0.668. The van der Waals surface area contributed by atoms with Gasteiger partial charge in [-0.05, 0) is 57.9 Å². The fraction of sp³-hybridized carbons (Fsp3) is 0.400. The Kier molecular flexibility index (Phi) is 6.86. The van der Waals surface area contributed by atoms with E-state index < -0.39 is 28.4 Å². The maximum atomic E-state index is 13.1. The Bertz CT molecular complexity index is 1020. The number of sulfonamides is 1. The summed E-state index contributed by atoms with van der Waals surface area (Å²) in [5, 5.41) is 2.71. The van der Waals surface area contributed by atoms with Crippen molar-refractivity contribution in [1.29, 1.82) is 0 Å². The van der Waals surface area contributed by atoms with Gasteiger partial charge in [0.15, 0.2) is 0 Å². The molecule has 8 nitrogen and oxygen atoms in total. The molecule has 1 aromatic heterocycles. The van der Waals surface area contributed by atoms with Crippen LogP contribution >= 0.6 is 0 Å². The van der Waals surface area contributed by atoms with E-state index in [-0.39, 0.29) is 17.1 Å². The van der Waals surface area contributed by atoms with Gasteiger partial charge in [0, 0.05) is 24.1 Å². The summed E-state index contributed by atoms with van der Waals surface area (Å²) in [6.07, 6.45) is 0. The van der Waals surface area contributed by atoms with E-state index in [1.165, 1.54) is 7.05 Å². The van der Waals surface area contributed by atoms with Gasteiger partial charge in [0.05, 0.1) is 13.2 Å². The van der Waals surface area contributed by atoms with Gasteiger partial charge in [-0.3, -0.25) is 4.79 Å². The number of rotatable bonds is 7. The van der Waals surface area contributed by atoms with Crippen molar-refractivity contribution >= 4 is 27.6 Å². The number of aromatic amines is 1. The number of benzene rings is 1. The molecule has 0 aliphatic heterocycles. The Morgan fingerprint density at radius 2 is 1.66 bits per heavy atom. The fourth-order valence-electron chi connectivity index (χ4n) is 3.22. The number of H-pyrrole nitrogens is 1. The molecule has 2 aromatic rings. The zero-order valence-corrected chi connectivity index (χ0v) is 18.4. The lowest BCUT2D eigenvalue weighted by molar-refractivity contribution is -0.116. The van der Waals surface area contributed by atoms with Gasteiger partial charge < -0.3 is 15.0 Å². The van der Waals surface area contributed by atoms with E-state index in [4.69, 9.17) is 4.74 Å². The van der Waals surface area contributed by atoms with E-state index in [0.29, 0.717) is 17.1 Å². The van der Waals surface area contributed by atoms with Crippen LogP contribution in [0.15, 0.2) is 23.1 Å². The minimum Gasteiger partial charge on any atom is -0.462 e. The van der Waals surface area contributed by atoms with Crippen molar-refractivity contribution in [1.82, 2.24) is 9.29 Å². The first-order valence-corrected chi connectivity index (χ1v) is 10.6. The molecular weight excluding hydrogens is 394 g/mol. The number of aromatic nitrogens is 1. The molecule has 1 aromatic carbocycles. The van der Waals surface area contributed by atoms with E-state index >= 15 is 0 Å². The Balaban J connectivity index is 2.27. The molecule has 0 atom stereocenters. The van der Waals surface area contributed by atoms with Crippen LogP contribution in [0.4, 0.5) is 5.69 Å². The summed E-state index contributed by atoms with van der Waals surface area (Å²) in [5.41, 5.74) is 3.24. The molecule has 0 fully saturated rings. The van der Waals surface area contributed by atoms with E-state index in [1.807, 2.05) is 19.9 Å². The maximum Gasteiger partial charge on any atom is 0.341 e. The summed E-state index contributed by atoms with van der Waals surface area (Å²) < 4.78 is 32.1. The smallest absolute Gasteiger partial charge is 0.341 e. The molecule has 0 spiro atoms. The molecule has 0 unspecified atom stereocenters. The Labute approximate surface area is 171 Å². The standard InChI is InChI=1S/C20H27N3O5S/c1-7-28-20(25)18-14(4)21-15(5)19(18)29(26,27)23(6)11-17(24)22-16-9-12(2)8-13(3)10-16/h8-10,21H,7,11H2,1-6H3,(H,22,24). The number of anilines is 1. The molecule has 0 aliphatic rings. The summed E-state index contributed by atoms with van der Waals surface area (Å²) >= 11 is 0. The number of ether oxygens (including phenoxy) is 1. The first-order valence-electron chi connectivity index (χ1n) is 9.18. The van der Waals surface area contributed by atoms with Gasteiger partial charge in [-0.2, -0.15) is 4.31 Å². The van der Waals surface area contributed by atoms with Crippen molar-refractivity contribution in [3.05, 3.63) is 46.3 Å². The Hall–Kier alpha value is -2.65. The lowest BCUT2D eigenvalue weighted by atomic mass is 10.1. The van der Waals surface area contributed by atoms with Gasteiger partial charge in [-0.25, -0.2) is 13.2 Å². The SMILES string of the molecule is CCOC(=O)c1c(C)[nH]c(C)c1S(=O)(=O)N(C)CC(=O)Nc1cc(C)cc(C)c1. The average molecular weight is 422 g/mol. The van der Waals surface area contributed by atoms with Crippen LogP contribution in [0.1, 0.15) is 39.8 Å². The van der Waals surface area contributed by atoms with Gasteiger partial charge in [0.2, 0.25) is 15.9 Å². The van der Waals surface area contributed by atoms with Crippen molar-refractivity contribution in [3.8, 4) is 0 Å². The summed E-state index contributed by atoms with van der Waals surface area (Å²) in [5.74, 6) is -1.20. The zero-order chi connectivity index (χ0) is 21.9. The van der Waals surface area contributed by atoms with E-state index in [0.717, 1.165) is 15.4 Å². The van der Waals surface area contributed by atoms with Crippen LogP contribution in [0.5, 0.6) is 0 Å². The number of carbonyl (C=O) groups is 2. The second-order valence-electron chi connectivity index (χ2n) is 6.99. The third kappa shape index (κ3) is 5.04. The third-order valence-electron chi connectivity index (χ3n) is 4.34. The molecule has 2 rings (SSSR count). The van der Waals surface area contributed by atoms with Crippen molar-refractivity contribution in [2.45, 2.75) is 39.5 Å². The largest absolute Gasteiger partial charge is 0.462 e. The van der Waals surface area contributed by atoms with Crippen LogP contribution < -0.4 is 5.32 Å². The number of carbonyl (C=O) groups excluding carboxylic acids is 2. The third-order valence-corrected chi connectivity index (χ3v) is 6.31. The number of hydrogen-bond acceptors (Lipinski definition) is 5. The number of likely N-dealkylation sites (N-methyl/N-ethyl adjacent to an activating group) is 1. The highest BCUT2D eigenvalue weighted by Gasteiger charge is 2.33. The predicted octanol–water partition coefficient (Wildman–Crippen LogP) is 2.68. The molecule has 0 aliphatic carbocycles. The number of hydrogen-bond donors (Lipinski definition) is 2. The second-order valence-corrected chi connectivity index (χ2v) is 8.97. The molecule has 0 saturated heterocycles. The first-order chi connectivity index (χ1) is 13.5. The molecule has 158 valence electrons. The number of amides is 1. The molecule has 2 N–H and O–H groups in total. The molecule has 0 bridgehead atoms. The second kappa shape index (κ2) is 8.79. The topological polar surface area (TPSA) is 109 Å². The molecule has 9 heteroatoms. The molecule has 0 radical (unpaired) electrons. The minimum atomic E-state index is -4.11. The van der Waals surface area contributed by atoms with Gasteiger partial charge >= 0.3 is 5.97 Å². The fourth-order valence-corrected chi connectivity index (χ4v) is 4.75. The number of nitrogens with zero attached hydrogens (tertiary/aromatic N) is 1. The minimum absolute atomic E-state index is 0.0362. The van der Waals surface area contributed by atoms with Crippen LogP contribution in [0.2, 0.25) is 0 Å². The Morgan fingerprint density at radius 3 is 2.21 bits per heavy atom. The highest BCUT2D eigenvalue weighted by molar-refractivity contribution is 7.89. The van der Waals surface area contributed by atoms with Crippen LogP contribution in [-0.4, -0.2) is 49.8 Å². The summed E-state index contributed by atoms with van der Waals surface area (Å²) in [7, 11) is -2.81. The van der Waals surface area contributed by atoms with Gasteiger partial charge in [-0.1, -0.05) is 6.07 Å². The highest BCUT2D eigenvalue weighted by atomic mass is 32.2. The van der Waals surface area contributed by atoms with E-state index in [9.17, 15) is 18.0 Å². The van der Waals surface area contributed by atoms with Gasteiger partial charge in [-0.15, -0.1) is 0 Å². The highest BCUT2D eigenvalue weighted by Crippen LogP contribution is 2.27.